The van der Waals surface area contributed by atoms with Crippen LogP contribution in [-0.4, -0.2) is 25.3 Å². The number of rotatable bonds is 4. The van der Waals surface area contributed by atoms with Gasteiger partial charge in [-0.3, -0.25) is 0 Å². The van der Waals surface area contributed by atoms with Gasteiger partial charge in [-0.2, -0.15) is 13.2 Å². The number of nitrogens with two attached hydrogens (primary N) is 1. The summed E-state index contributed by atoms with van der Waals surface area (Å²) in [5.74, 6) is -0.369. The molecule has 23 heavy (non-hydrogen) atoms. The summed E-state index contributed by atoms with van der Waals surface area (Å²) in [5.41, 5.74) is 4.06. The molecule has 0 aliphatic heterocycles. The van der Waals surface area contributed by atoms with Crippen molar-refractivity contribution < 1.29 is 27.4 Å². The van der Waals surface area contributed by atoms with E-state index < -0.39 is 29.5 Å². The third-order valence-electron chi connectivity index (χ3n) is 2.86. The molecule has 0 heterocycles. The molecule has 0 fully saturated rings. The van der Waals surface area contributed by atoms with Crippen molar-refractivity contribution in [1.82, 2.24) is 5.32 Å². The highest BCUT2D eigenvalue weighted by Crippen LogP contribution is 2.39. The number of alkyl halides is 3. The number of ether oxygens (including phenoxy) is 2. The number of methoxy groups -OCH3 is 1. The fraction of sp³-hybridized carbons (Fsp3) is 0.533. The van der Waals surface area contributed by atoms with Gasteiger partial charge in [0.15, 0.2) is 0 Å². The SMILES string of the molecule is COc1c(C(CN)NC(=O)OC(C)(C)C)cccc1C(F)(F)F. The fourth-order valence-corrected chi connectivity index (χ4v) is 1.99. The van der Waals surface area contributed by atoms with Crippen LogP contribution < -0.4 is 15.8 Å². The van der Waals surface area contributed by atoms with E-state index in [0.29, 0.717) is 0 Å². The van der Waals surface area contributed by atoms with Crippen LogP contribution in [0.1, 0.15) is 37.9 Å². The standard InChI is InChI=1S/C15H21F3N2O3/c1-14(2,3)23-13(21)20-11(8-19)9-6-5-7-10(12(9)22-4)15(16,17)18/h5-7,11H,8,19H2,1-4H3,(H,20,21). The fourth-order valence-electron chi connectivity index (χ4n) is 1.99. The first-order valence-electron chi connectivity index (χ1n) is 6.93. The summed E-state index contributed by atoms with van der Waals surface area (Å²) in [5, 5.41) is 2.46. The molecule has 8 heteroatoms. The Bertz CT molecular complexity index is 554. The van der Waals surface area contributed by atoms with Crippen molar-refractivity contribution >= 4 is 6.09 Å². The Labute approximate surface area is 132 Å². The molecule has 0 spiro atoms. The van der Waals surface area contributed by atoms with E-state index in [1.54, 1.807) is 20.8 Å². The van der Waals surface area contributed by atoms with Gasteiger partial charge in [0.1, 0.15) is 11.4 Å². The van der Waals surface area contributed by atoms with Crippen LogP contribution in [0.25, 0.3) is 0 Å². The van der Waals surface area contributed by atoms with Gasteiger partial charge in [0.2, 0.25) is 0 Å². The summed E-state index contributed by atoms with van der Waals surface area (Å²) in [4.78, 5) is 11.8. The van der Waals surface area contributed by atoms with Gasteiger partial charge in [-0.05, 0) is 26.8 Å². The van der Waals surface area contributed by atoms with E-state index >= 15 is 0 Å². The van der Waals surface area contributed by atoms with Crippen LogP contribution in [0, 0.1) is 0 Å². The number of halogens is 3. The van der Waals surface area contributed by atoms with Crippen LogP contribution in [0.5, 0.6) is 5.75 Å². The molecular weight excluding hydrogens is 313 g/mol. The second kappa shape index (κ2) is 7.08. The Balaban J connectivity index is 3.14. The molecular formula is C15H21F3N2O3. The highest BCUT2D eigenvalue weighted by Gasteiger charge is 2.36. The lowest BCUT2D eigenvalue weighted by atomic mass is 10.0. The summed E-state index contributed by atoms with van der Waals surface area (Å²) in [6.45, 7) is 4.91. The van der Waals surface area contributed by atoms with Crippen molar-refractivity contribution in [2.75, 3.05) is 13.7 Å². The molecule has 0 aliphatic carbocycles. The zero-order valence-corrected chi connectivity index (χ0v) is 13.5. The van der Waals surface area contributed by atoms with Crippen molar-refractivity contribution in [3.8, 4) is 5.75 Å². The topological polar surface area (TPSA) is 73.6 Å². The maximum absolute atomic E-state index is 13.0. The molecule has 0 aliphatic rings. The van der Waals surface area contributed by atoms with E-state index in [9.17, 15) is 18.0 Å². The molecule has 3 N–H and O–H groups in total. The van der Waals surface area contributed by atoms with E-state index in [2.05, 4.69) is 5.32 Å². The molecule has 1 unspecified atom stereocenters. The van der Waals surface area contributed by atoms with E-state index in [1.807, 2.05) is 0 Å². The normalized spacial score (nSPS) is 13.4. The zero-order chi connectivity index (χ0) is 17.8. The molecule has 0 aromatic heterocycles. The van der Waals surface area contributed by atoms with Gasteiger partial charge >= 0.3 is 12.3 Å². The lowest BCUT2D eigenvalue weighted by molar-refractivity contribution is -0.138. The van der Waals surface area contributed by atoms with Crippen LogP contribution >= 0.6 is 0 Å². The Hall–Kier alpha value is -1.96. The lowest BCUT2D eigenvalue weighted by Gasteiger charge is -2.25. The Morgan fingerprint density at radius 1 is 1.30 bits per heavy atom. The molecule has 0 saturated carbocycles. The van der Waals surface area contributed by atoms with Gasteiger partial charge in [0, 0.05) is 12.1 Å². The van der Waals surface area contributed by atoms with Crippen LogP contribution in [-0.2, 0) is 10.9 Å². The number of alkyl carbamates (subject to hydrolysis) is 1. The molecule has 1 rings (SSSR count). The summed E-state index contributed by atoms with van der Waals surface area (Å²) in [6, 6.07) is 2.69. The summed E-state index contributed by atoms with van der Waals surface area (Å²) in [6.07, 6.45) is -5.35. The van der Waals surface area contributed by atoms with Crippen LogP contribution in [0.2, 0.25) is 0 Å². The van der Waals surface area contributed by atoms with E-state index in [0.717, 1.165) is 13.2 Å². The highest BCUT2D eigenvalue weighted by molar-refractivity contribution is 5.68. The Morgan fingerprint density at radius 2 is 1.91 bits per heavy atom. The third kappa shape index (κ3) is 5.31. The number of hydrogen-bond acceptors (Lipinski definition) is 4. The maximum atomic E-state index is 13.0. The van der Waals surface area contributed by atoms with Crippen molar-refractivity contribution in [2.24, 2.45) is 5.73 Å². The Kier molecular flexibility index (Phi) is 5.87. The molecule has 130 valence electrons. The van der Waals surface area contributed by atoms with E-state index in [4.69, 9.17) is 15.2 Å². The summed E-state index contributed by atoms with van der Waals surface area (Å²) < 4.78 is 49.1. The third-order valence-corrected chi connectivity index (χ3v) is 2.86. The number of hydrogen-bond donors (Lipinski definition) is 2. The number of amides is 1. The summed E-state index contributed by atoms with van der Waals surface area (Å²) >= 11 is 0. The zero-order valence-electron chi connectivity index (χ0n) is 13.5. The smallest absolute Gasteiger partial charge is 0.419 e. The van der Waals surface area contributed by atoms with Crippen LogP contribution in [0.3, 0.4) is 0 Å². The van der Waals surface area contributed by atoms with Gasteiger partial charge in [0.05, 0.1) is 18.7 Å². The van der Waals surface area contributed by atoms with E-state index in [-0.39, 0.29) is 17.9 Å². The second-order valence-corrected chi connectivity index (χ2v) is 5.86. The first kappa shape index (κ1) is 19.1. The monoisotopic (exact) mass is 334 g/mol. The van der Waals surface area contributed by atoms with E-state index in [1.165, 1.54) is 12.1 Å². The molecule has 1 amide bonds. The average molecular weight is 334 g/mol. The molecule has 1 atom stereocenters. The number of nitrogens with one attached hydrogen (secondary N) is 1. The number of carbonyl (C=O) groups is 1. The van der Waals surface area contributed by atoms with Gasteiger partial charge in [-0.1, -0.05) is 12.1 Å². The van der Waals surface area contributed by atoms with Crippen molar-refractivity contribution in [3.63, 3.8) is 0 Å². The number of carbonyl (C=O) groups excluding carboxylic acids is 1. The molecule has 5 nitrogen and oxygen atoms in total. The largest absolute Gasteiger partial charge is 0.496 e. The maximum Gasteiger partial charge on any atom is 0.419 e. The lowest BCUT2D eigenvalue weighted by Crippen LogP contribution is -2.38. The van der Waals surface area contributed by atoms with Gasteiger partial charge < -0.3 is 20.5 Å². The predicted molar refractivity (Wildman–Crippen MR) is 79.2 cm³/mol. The second-order valence-electron chi connectivity index (χ2n) is 5.86. The number of benzene rings is 1. The van der Waals surface area contributed by atoms with Crippen molar-refractivity contribution in [2.45, 2.75) is 38.6 Å². The van der Waals surface area contributed by atoms with Gasteiger partial charge in [-0.25, -0.2) is 4.79 Å². The Morgan fingerprint density at radius 3 is 2.35 bits per heavy atom. The molecule has 1 aromatic rings. The average Bonchev–Trinajstić information content (AvgIpc) is 2.41. The van der Waals surface area contributed by atoms with Crippen LogP contribution in [0.4, 0.5) is 18.0 Å². The minimum Gasteiger partial charge on any atom is -0.496 e. The van der Waals surface area contributed by atoms with Gasteiger partial charge in [-0.15, -0.1) is 0 Å². The first-order chi connectivity index (χ1) is 10.5. The van der Waals surface area contributed by atoms with Crippen molar-refractivity contribution in [1.29, 1.82) is 0 Å². The quantitative estimate of drug-likeness (QED) is 0.886. The molecule has 0 saturated heterocycles. The number of para-hydroxylation sites is 1. The summed E-state index contributed by atoms with van der Waals surface area (Å²) in [7, 11) is 1.13. The first-order valence-corrected chi connectivity index (χ1v) is 6.93. The molecule has 1 aromatic carbocycles. The van der Waals surface area contributed by atoms with Crippen LogP contribution in [0.15, 0.2) is 18.2 Å². The van der Waals surface area contributed by atoms with Crippen molar-refractivity contribution in [3.05, 3.63) is 29.3 Å². The minimum atomic E-state index is -4.58. The molecule has 0 radical (unpaired) electrons. The molecule has 0 bridgehead atoms. The van der Waals surface area contributed by atoms with Gasteiger partial charge in [0.25, 0.3) is 0 Å². The minimum absolute atomic E-state index is 0.114. The predicted octanol–water partition coefficient (Wildman–Crippen LogP) is 3.24. The highest BCUT2D eigenvalue weighted by atomic mass is 19.4.